The lowest BCUT2D eigenvalue weighted by atomic mass is 10.3. The summed E-state index contributed by atoms with van der Waals surface area (Å²) in [6.07, 6.45) is 3.35. The third-order valence-corrected chi connectivity index (χ3v) is 4.01. The van der Waals surface area contributed by atoms with E-state index >= 15 is 0 Å². The Hall–Kier alpha value is -1.73. The number of nitrogens with zero attached hydrogens (tertiary/aromatic N) is 6. The third kappa shape index (κ3) is 3.68. The van der Waals surface area contributed by atoms with Crippen LogP contribution in [0.5, 0.6) is 0 Å². The molecule has 0 bridgehead atoms. The van der Waals surface area contributed by atoms with E-state index in [4.69, 9.17) is 4.42 Å². The maximum atomic E-state index is 5.66. The zero-order valence-corrected chi connectivity index (χ0v) is 12.7. The molecular formula is C14H22N6O. The van der Waals surface area contributed by atoms with Crippen molar-refractivity contribution in [1.29, 1.82) is 0 Å². The van der Waals surface area contributed by atoms with Crippen LogP contribution in [0, 0.1) is 13.8 Å². The first-order valence-electron chi connectivity index (χ1n) is 7.41. The van der Waals surface area contributed by atoms with Gasteiger partial charge in [-0.3, -0.25) is 14.5 Å². The largest absolute Gasteiger partial charge is 0.444 e. The van der Waals surface area contributed by atoms with Gasteiger partial charge in [0.2, 0.25) is 5.89 Å². The van der Waals surface area contributed by atoms with Gasteiger partial charge in [-0.05, 0) is 13.8 Å². The van der Waals surface area contributed by atoms with Gasteiger partial charge in [0, 0.05) is 32.7 Å². The molecule has 3 heterocycles. The summed E-state index contributed by atoms with van der Waals surface area (Å²) >= 11 is 0. The normalized spacial score (nSPS) is 17.4. The van der Waals surface area contributed by atoms with Crippen LogP contribution in [-0.4, -0.2) is 62.3 Å². The monoisotopic (exact) mass is 290 g/mol. The minimum atomic E-state index is 0.811. The van der Waals surface area contributed by atoms with Crippen LogP contribution >= 0.6 is 0 Å². The predicted molar refractivity (Wildman–Crippen MR) is 77.7 cm³/mol. The summed E-state index contributed by atoms with van der Waals surface area (Å²) in [5, 5.41) is 4.13. The summed E-state index contributed by atoms with van der Waals surface area (Å²) in [5.41, 5.74) is 0.997. The van der Waals surface area contributed by atoms with Gasteiger partial charge in [-0.2, -0.15) is 5.10 Å². The molecule has 0 amide bonds. The van der Waals surface area contributed by atoms with Crippen LogP contribution < -0.4 is 0 Å². The van der Waals surface area contributed by atoms with Crippen LogP contribution in [0.25, 0.3) is 0 Å². The van der Waals surface area contributed by atoms with E-state index in [1.54, 1.807) is 12.7 Å². The first-order valence-corrected chi connectivity index (χ1v) is 7.41. The smallest absolute Gasteiger partial charge is 0.208 e. The SMILES string of the molecule is Cc1nc(CN2CCN(CCn3cncn3)CC2)oc1C. The second-order valence-corrected chi connectivity index (χ2v) is 5.53. The molecule has 1 fully saturated rings. The van der Waals surface area contributed by atoms with Crippen molar-refractivity contribution in [3.63, 3.8) is 0 Å². The first kappa shape index (κ1) is 14.2. The molecule has 0 aromatic carbocycles. The molecule has 3 rings (SSSR count). The summed E-state index contributed by atoms with van der Waals surface area (Å²) < 4.78 is 7.54. The van der Waals surface area contributed by atoms with Crippen LogP contribution in [0.15, 0.2) is 17.1 Å². The Labute approximate surface area is 124 Å². The van der Waals surface area contributed by atoms with Crippen molar-refractivity contribution in [2.75, 3.05) is 32.7 Å². The van der Waals surface area contributed by atoms with Gasteiger partial charge in [0.1, 0.15) is 18.4 Å². The lowest BCUT2D eigenvalue weighted by Gasteiger charge is -2.33. The average Bonchev–Trinajstić information content (AvgIpc) is 3.09. The van der Waals surface area contributed by atoms with Crippen molar-refractivity contribution in [3.05, 3.63) is 30.0 Å². The molecule has 21 heavy (non-hydrogen) atoms. The zero-order chi connectivity index (χ0) is 14.7. The molecule has 0 atom stereocenters. The van der Waals surface area contributed by atoms with Gasteiger partial charge in [-0.25, -0.2) is 9.97 Å². The Bertz CT molecular complexity index is 537. The number of rotatable bonds is 5. The molecule has 0 saturated carbocycles. The first-order chi connectivity index (χ1) is 10.2. The molecule has 7 nitrogen and oxygen atoms in total. The minimum Gasteiger partial charge on any atom is -0.444 e. The van der Waals surface area contributed by atoms with Gasteiger partial charge >= 0.3 is 0 Å². The summed E-state index contributed by atoms with van der Waals surface area (Å²) in [7, 11) is 0. The predicted octanol–water partition coefficient (Wildman–Crippen LogP) is 0.701. The lowest BCUT2D eigenvalue weighted by Crippen LogP contribution is -2.46. The Balaban J connectivity index is 1.42. The van der Waals surface area contributed by atoms with Crippen molar-refractivity contribution in [3.8, 4) is 0 Å². The second kappa shape index (κ2) is 6.36. The van der Waals surface area contributed by atoms with E-state index in [0.717, 1.165) is 63.2 Å². The van der Waals surface area contributed by atoms with Gasteiger partial charge in [-0.1, -0.05) is 0 Å². The number of oxazole rings is 1. The molecule has 1 aliphatic rings. The van der Waals surface area contributed by atoms with Gasteiger partial charge in [-0.15, -0.1) is 0 Å². The van der Waals surface area contributed by atoms with Crippen LogP contribution in [0.2, 0.25) is 0 Å². The highest BCUT2D eigenvalue weighted by Crippen LogP contribution is 2.12. The third-order valence-electron chi connectivity index (χ3n) is 4.01. The topological polar surface area (TPSA) is 63.2 Å². The molecule has 0 spiro atoms. The number of hydrogen-bond acceptors (Lipinski definition) is 6. The molecule has 0 radical (unpaired) electrons. The molecule has 1 saturated heterocycles. The van der Waals surface area contributed by atoms with Gasteiger partial charge in [0.25, 0.3) is 0 Å². The fourth-order valence-corrected chi connectivity index (χ4v) is 2.56. The number of aromatic nitrogens is 4. The highest BCUT2D eigenvalue weighted by Gasteiger charge is 2.18. The Morgan fingerprint density at radius 2 is 1.86 bits per heavy atom. The van der Waals surface area contributed by atoms with Crippen molar-refractivity contribution in [1.82, 2.24) is 29.5 Å². The maximum absolute atomic E-state index is 5.66. The molecule has 2 aromatic heterocycles. The maximum Gasteiger partial charge on any atom is 0.208 e. The summed E-state index contributed by atoms with van der Waals surface area (Å²) in [5.74, 6) is 1.76. The summed E-state index contributed by atoms with van der Waals surface area (Å²) in [6.45, 7) is 11.0. The average molecular weight is 290 g/mol. The van der Waals surface area contributed by atoms with Gasteiger partial charge in [0.15, 0.2) is 0 Å². The summed E-state index contributed by atoms with van der Waals surface area (Å²) in [6, 6.07) is 0. The van der Waals surface area contributed by atoms with Crippen LogP contribution in [0.3, 0.4) is 0 Å². The number of aryl methyl sites for hydroxylation is 2. The van der Waals surface area contributed by atoms with E-state index in [1.165, 1.54) is 0 Å². The van der Waals surface area contributed by atoms with Crippen molar-refractivity contribution in [2.24, 2.45) is 0 Å². The van der Waals surface area contributed by atoms with Crippen molar-refractivity contribution < 1.29 is 4.42 Å². The molecule has 2 aromatic rings. The van der Waals surface area contributed by atoms with Crippen LogP contribution in [0.1, 0.15) is 17.3 Å². The standard InChI is InChI=1S/C14H22N6O/c1-12-13(2)21-14(17-12)9-19-5-3-18(4-6-19)7-8-20-11-15-10-16-20/h10-11H,3-9H2,1-2H3. The fourth-order valence-electron chi connectivity index (χ4n) is 2.56. The van der Waals surface area contributed by atoms with E-state index in [1.807, 2.05) is 18.5 Å². The van der Waals surface area contributed by atoms with Crippen LogP contribution in [-0.2, 0) is 13.1 Å². The quantitative estimate of drug-likeness (QED) is 0.808. The zero-order valence-electron chi connectivity index (χ0n) is 12.7. The molecule has 0 aliphatic carbocycles. The molecule has 7 heteroatoms. The van der Waals surface area contributed by atoms with Crippen molar-refractivity contribution >= 4 is 0 Å². The molecule has 1 aliphatic heterocycles. The van der Waals surface area contributed by atoms with E-state index in [-0.39, 0.29) is 0 Å². The molecule has 0 unspecified atom stereocenters. The van der Waals surface area contributed by atoms with E-state index in [2.05, 4.69) is 24.9 Å². The van der Waals surface area contributed by atoms with E-state index in [0.29, 0.717) is 0 Å². The summed E-state index contributed by atoms with van der Waals surface area (Å²) in [4.78, 5) is 13.3. The second-order valence-electron chi connectivity index (χ2n) is 5.53. The van der Waals surface area contributed by atoms with Gasteiger partial charge in [0.05, 0.1) is 18.8 Å². The van der Waals surface area contributed by atoms with E-state index < -0.39 is 0 Å². The van der Waals surface area contributed by atoms with E-state index in [9.17, 15) is 0 Å². The lowest BCUT2D eigenvalue weighted by molar-refractivity contribution is 0.115. The molecular weight excluding hydrogens is 268 g/mol. The highest BCUT2D eigenvalue weighted by atomic mass is 16.4. The number of hydrogen-bond donors (Lipinski definition) is 0. The Morgan fingerprint density at radius 1 is 1.10 bits per heavy atom. The molecule has 0 N–H and O–H groups in total. The fraction of sp³-hybridized carbons (Fsp3) is 0.643. The van der Waals surface area contributed by atoms with Crippen LogP contribution in [0.4, 0.5) is 0 Å². The highest BCUT2D eigenvalue weighted by molar-refractivity contribution is 5.05. The van der Waals surface area contributed by atoms with Gasteiger partial charge < -0.3 is 4.42 Å². The number of piperazine rings is 1. The Morgan fingerprint density at radius 3 is 2.48 bits per heavy atom. The van der Waals surface area contributed by atoms with Crippen molar-refractivity contribution in [2.45, 2.75) is 26.9 Å². The molecule has 114 valence electrons. The Kier molecular flexibility index (Phi) is 4.31. The minimum absolute atomic E-state index is 0.811.